The first kappa shape index (κ1) is 21.4. The molecule has 2 aliphatic heterocycles. The molecule has 0 saturated carbocycles. The minimum absolute atomic E-state index is 0.0667. The molecular weight excluding hydrogens is 418 g/mol. The minimum Gasteiger partial charge on any atom is -0.507 e. The van der Waals surface area contributed by atoms with Crippen molar-refractivity contribution in [3.05, 3.63) is 51.2 Å². The highest BCUT2D eigenvalue weighted by atomic mass is 32.1. The maximum Gasteiger partial charge on any atom is 0.295 e. The second-order valence-electron chi connectivity index (χ2n) is 7.62. The molecule has 1 amide bonds. The van der Waals surface area contributed by atoms with Crippen LogP contribution in [0, 0.1) is 6.92 Å². The number of thiophene rings is 1. The summed E-state index contributed by atoms with van der Waals surface area (Å²) >= 11 is 1.46. The van der Waals surface area contributed by atoms with Gasteiger partial charge in [0.15, 0.2) is 0 Å². The van der Waals surface area contributed by atoms with Gasteiger partial charge in [0.1, 0.15) is 17.3 Å². The summed E-state index contributed by atoms with van der Waals surface area (Å²) in [6, 6.07) is 6.20. The number of carbonyl (C=O) groups excluding carboxylic acids is 2. The molecule has 2 aromatic rings. The number of rotatable bonds is 6. The number of aryl methyl sites for hydroxylation is 1. The van der Waals surface area contributed by atoms with Crippen molar-refractivity contribution < 1.29 is 28.9 Å². The Morgan fingerprint density at radius 2 is 2.06 bits per heavy atom. The number of ether oxygens (including phenoxy) is 3. The summed E-state index contributed by atoms with van der Waals surface area (Å²) < 4.78 is 16.4. The molecule has 1 N–H and O–H groups in total. The zero-order valence-corrected chi connectivity index (χ0v) is 18.5. The van der Waals surface area contributed by atoms with E-state index >= 15 is 0 Å². The monoisotopic (exact) mass is 443 g/mol. The van der Waals surface area contributed by atoms with Crippen molar-refractivity contribution >= 4 is 28.8 Å². The second-order valence-corrected chi connectivity index (χ2v) is 8.57. The number of hydrogen-bond donors (Lipinski definition) is 1. The Kier molecular flexibility index (Phi) is 6.02. The molecule has 8 heteroatoms. The highest BCUT2D eigenvalue weighted by Gasteiger charge is 2.48. The molecule has 1 aromatic heterocycles. The van der Waals surface area contributed by atoms with E-state index in [0.717, 1.165) is 23.3 Å². The SMILES string of the molecule is COc1ccc(/C(O)=C2\C(=O)C(=O)N(CC3CCCO3)C2c2sccc2C)c(OC)c1. The van der Waals surface area contributed by atoms with Crippen LogP contribution in [0.2, 0.25) is 0 Å². The summed E-state index contributed by atoms with van der Waals surface area (Å²) in [5.41, 5.74) is 1.36. The van der Waals surface area contributed by atoms with Crippen molar-refractivity contribution in [1.82, 2.24) is 4.90 Å². The molecule has 2 saturated heterocycles. The second kappa shape index (κ2) is 8.72. The molecule has 2 unspecified atom stereocenters. The van der Waals surface area contributed by atoms with Crippen LogP contribution in [0.25, 0.3) is 5.76 Å². The number of carbonyl (C=O) groups is 2. The zero-order valence-electron chi connectivity index (χ0n) is 17.7. The maximum absolute atomic E-state index is 13.1. The van der Waals surface area contributed by atoms with Crippen LogP contribution in [0.4, 0.5) is 0 Å². The third-order valence-corrected chi connectivity index (χ3v) is 6.85. The summed E-state index contributed by atoms with van der Waals surface area (Å²) in [6.07, 6.45) is 1.66. The van der Waals surface area contributed by atoms with Crippen LogP contribution in [0.3, 0.4) is 0 Å². The van der Waals surface area contributed by atoms with E-state index in [9.17, 15) is 14.7 Å². The average molecular weight is 444 g/mol. The first-order chi connectivity index (χ1) is 15.0. The van der Waals surface area contributed by atoms with Gasteiger partial charge >= 0.3 is 0 Å². The Labute approximate surface area is 184 Å². The van der Waals surface area contributed by atoms with E-state index in [1.54, 1.807) is 23.1 Å². The summed E-state index contributed by atoms with van der Waals surface area (Å²) in [5.74, 6) is -0.680. The molecule has 0 spiro atoms. The average Bonchev–Trinajstić information content (AvgIpc) is 3.50. The number of nitrogens with zero attached hydrogens (tertiary/aromatic N) is 1. The smallest absolute Gasteiger partial charge is 0.295 e. The number of amides is 1. The van der Waals surface area contributed by atoms with Gasteiger partial charge in [-0.2, -0.15) is 0 Å². The number of hydrogen-bond acceptors (Lipinski definition) is 7. The lowest BCUT2D eigenvalue weighted by Crippen LogP contribution is -2.36. The summed E-state index contributed by atoms with van der Waals surface area (Å²) in [6.45, 7) is 2.90. The Hall–Kier alpha value is -2.84. The Morgan fingerprint density at radius 3 is 2.68 bits per heavy atom. The van der Waals surface area contributed by atoms with Crippen molar-refractivity contribution in [3.63, 3.8) is 0 Å². The van der Waals surface area contributed by atoms with E-state index in [1.165, 1.54) is 25.6 Å². The highest BCUT2D eigenvalue weighted by molar-refractivity contribution is 7.10. The molecule has 1 aromatic carbocycles. The van der Waals surface area contributed by atoms with Gasteiger partial charge in [0.25, 0.3) is 11.7 Å². The van der Waals surface area contributed by atoms with Crippen molar-refractivity contribution in [2.45, 2.75) is 31.9 Å². The molecule has 2 atom stereocenters. The van der Waals surface area contributed by atoms with Crippen molar-refractivity contribution in [3.8, 4) is 11.5 Å². The summed E-state index contributed by atoms with van der Waals surface area (Å²) in [7, 11) is 3.01. The lowest BCUT2D eigenvalue weighted by molar-refractivity contribution is -0.140. The van der Waals surface area contributed by atoms with E-state index in [4.69, 9.17) is 14.2 Å². The van der Waals surface area contributed by atoms with E-state index < -0.39 is 17.7 Å². The van der Waals surface area contributed by atoms with Gasteiger partial charge in [-0.05, 0) is 48.9 Å². The van der Waals surface area contributed by atoms with Gasteiger partial charge in [-0.3, -0.25) is 9.59 Å². The van der Waals surface area contributed by atoms with Crippen LogP contribution in [0.1, 0.15) is 34.9 Å². The number of aliphatic hydroxyl groups excluding tert-OH is 1. The third-order valence-electron chi connectivity index (χ3n) is 5.78. The predicted molar refractivity (Wildman–Crippen MR) is 117 cm³/mol. The molecule has 3 heterocycles. The molecule has 2 aliphatic rings. The van der Waals surface area contributed by atoms with Crippen LogP contribution < -0.4 is 9.47 Å². The number of likely N-dealkylation sites (tertiary alicyclic amines) is 1. The molecule has 0 aliphatic carbocycles. The molecule has 0 radical (unpaired) electrons. The standard InChI is InChI=1S/C23H25NO6S/c1-13-8-10-31-22(13)19-18(20(25)16-7-6-14(28-2)11-17(16)29-3)21(26)23(27)24(19)12-15-5-4-9-30-15/h6-8,10-11,15,19,25H,4-5,9,12H2,1-3H3/b20-18+. The molecule has 164 valence electrons. The van der Waals surface area contributed by atoms with E-state index in [1.807, 2.05) is 18.4 Å². The van der Waals surface area contributed by atoms with Crippen LogP contribution in [-0.4, -0.2) is 55.2 Å². The van der Waals surface area contributed by atoms with Crippen LogP contribution in [0.15, 0.2) is 35.2 Å². The molecule has 4 rings (SSSR count). The van der Waals surface area contributed by atoms with Gasteiger partial charge in [-0.25, -0.2) is 0 Å². The molecule has 7 nitrogen and oxygen atoms in total. The fourth-order valence-corrected chi connectivity index (χ4v) is 5.20. The van der Waals surface area contributed by atoms with Crippen molar-refractivity contribution in [2.24, 2.45) is 0 Å². The number of ketones is 1. The van der Waals surface area contributed by atoms with Crippen LogP contribution in [-0.2, 0) is 14.3 Å². The maximum atomic E-state index is 13.1. The van der Waals surface area contributed by atoms with Gasteiger partial charge in [0, 0.05) is 24.1 Å². The largest absolute Gasteiger partial charge is 0.507 e. The normalized spacial score (nSPS) is 22.9. The Morgan fingerprint density at radius 1 is 1.26 bits per heavy atom. The van der Waals surface area contributed by atoms with Crippen LogP contribution >= 0.6 is 11.3 Å². The first-order valence-electron chi connectivity index (χ1n) is 10.1. The van der Waals surface area contributed by atoms with E-state index in [0.29, 0.717) is 30.2 Å². The minimum atomic E-state index is -0.703. The first-order valence-corrected chi connectivity index (χ1v) is 11.0. The number of aliphatic hydroxyl groups is 1. The molecular formula is C23H25NO6S. The molecule has 31 heavy (non-hydrogen) atoms. The van der Waals surface area contributed by atoms with E-state index in [2.05, 4.69) is 0 Å². The fraction of sp³-hybridized carbons (Fsp3) is 0.391. The van der Waals surface area contributed by atoms with E-state index in [-0.39, 0.29) is 17.4 Å². The quantitative estimate of drug-likeness (QED) is 0.417. The van der Waals surface area contributed by atoms with Gasteiger partial charge < -0.3 is 24.2 Å². The number of benzene rings is 1. The lowest BCUT2D eigenvalue weighted by Gasteiger charge is -2.27. The third kappa shape index (κ3) is 3.81. The van der Waals surface area contributed by atoms with Gasteiger partial charge in [-0.1, -0.05) is 0 Å². The number of methoxy groups -OCH3 is 2. The van der Waals surface area contributed by atoms with Gasteiger partial charge in [-0.15, -0.1) is 11.3 Å². The fourth-order valence-electron chi connectivity index (χ4n) is 4.15. The van der Waals surface area contributed by atoms with Crippen molar-refractivity contribution in [1.29, 1.82) is 0 Å². The topological polar surface area (TPSA) is 85.3 Å². The predicted octanol–water partition coefficient (Wildman–Crippen LogP) is 3.67. The molecule has 2 fully saturated rings. The Balaban J connectivity index is 1.85. The number of Topliss-reactive ketones (excluding diaryl/α,β-unsaturated/α-hetero) is 1. The van der Waals surface area contributed by atoms with Crippen molar-refractivity contribution in [2.75, 3.05) is 27.4 Å². The van der Waals surface area contributed by atoms with Crippen LogP contribution in [0.5, 0.6) is 11.5 Å². The summed E-state index contributed by atoms with van der Waals surface area (Å²) in [4.78, 5) is 28.6. The lowest BCUT2D eigenvalue weighted by atomic mass is 9.97. The van der Waals surface area contributed by atoms with Gasteiger partial charge in [0.05, 0.1) is 37.5 Å². The molecule has 0 bridgehead atoms. The zero-order chi connectivity index (χ0) is 22.1. The summed E-state index contributed by atoms with van der Waals surface area (Å²) in [5, 5.41) is 13.2. The van der Waals surface area contributed by atoms with Gasteiger partial charge in [0.2, 0.25) is 0 Å². The Bertz CT molecular complexity index is 1040. The highest BCUT2D eigenvalue weighted by Crippen LogP contribution is 2.44.